The number of carbonyl (C=O) groups is 1. The van der Waals surface area contributed by atoms with Crippen LogP contribution in [0.5, 0.6) is 5.75 Å². The van der Waals surface area contributed by atoms with Crippen molar-refractivity contribution in [3.8, 4) is 5.75 Å². The molecule has 0 saturated carbocycles. The number of ether oxygens (including phenoxy) is 1. The van der Waals surface area contributed by atoms with Crippen LogP contribution in [0.15, 0.2) is 60.7 Å². The minimum atomic E-state index is -0.904. The summed E-state index contributed by atoms with van der Waals surface area (Å²) in [6.07, 6.45) is 0. The maximum absolute atomic E-state index is 11.9. The molecular formula is C20H18O3. The fourth-order valence-corrected chi connectivity index (χ4v) is 3.08. The molecule has 0 aliphatic heterocycles. The maximum atomic E-state index is 11.9. The second kappa shape index (κ2) is 6.13. The quantitative estimate of drug-likeness (QED) is 0.760. The summed E-state index contributed by atoms with van der Waals surface area (Å²) in [4.78, 5) is 11.9. The number of rotatable bonds is 4. The van der Waals surface area contributed by atoms with Crippen molar-refractivity contribution in [3.63, 3.8) is 0 Å². The Labute approximate surface area is 135 Å². The van der Waals surface area contributed by atoms with Crippen molar-refractivity contribution in [3.05, 3.63) is 77.4 Å². The van der Waals surface area contributed by atoms with Crippen LogP contribution >= 0.6 is 0 Å². The van der Waals surface area contributed by atoms with Gasteiger partial charge in [0.1, 0.15) is 5.75 Å². The van der Waals surface area contributed by atoms with Gasteiger partial charge in [0, 0.05) is 11.5 Å². The molecular weight excluding hydrogens is 288 g/mol. The number of fused-ring (bicyclic) bond motifs is 1. The highest BCUT2D eigenvalue weighted by Gasteiger charge is 2.21. The van der Waals surface area contributed by atoms with E-state index in [2.05, 4.69) is 0 Å². The molecule has 3 aromatic carbocycles. The third-order valence-electron chi connectivity index (χ3n) is 4.25. The predicted molar refractivity (Wildman–Crippen MR) is 91.4 cm³/mol. The van der Waals surface area contributed by atoms with Gasteiger partial charge in [-0.05, 0) is 22.4 Å². The van der Waals surface area contributed by atoms with Crippen molar-refractivity contribution >= 4 is 16.7 Å². The van der Waals surface area contributed by atoms with Crippen molar-refractivity contribution in [1.29, 1.82) is 0 Å². The standard InChI is InChI=1S/C20H18O3/c1-13(15-8-5-6-10-18(15)23-2)16-12-11-14-7-3-4-9-17(14)19(16)20(21)22/h3-13H,1-2H3,(H,21,22)/t13-/m1/s1. The van der Waals surface area contributed by atoms with E-state index in [1.165, 1.54) is 0 Å². The van der Waals surface area contributed by atoms with Crippen LogP contribution in [0.2, 0.25) is 0 Å². The van der Waals surface area contributed by atoms with E-state index in [0.717, 1.165) is 27.6 Å². The lowest BCUT2D eigenvalue weighted by atomic mass is 9.86. The smallest absolute Gasteiger partial charge is 0.336 e. The van der Waals surface area contributed by atoms with Crippen molar-refractivity contribution in [2.24, 2.45) is 0 Å². The van der Waals surface area contributed by atoms with Crippen LogP contribution in [-0.2, 0) is 0 Å². The van der Waals surface area contributed by atoms with Crippen molar-refractivity contribution < 1.29 is 14.6 Å². The van der Waals surface area contributed by atoms with Gasteiger partial charge >= 0.3 is 5.97 Å². The van der Waals surface area contributed by atoms with Gasteiger partial charge in [0.05, 0.1) is 12.7 Å². The molecule has 0 saturated heterocycles. The molecule has 3 rings (SSSR count). The zero-order valence-corrected chi connectivity index (χ0v) is 13.1. The normalized spacial score (nSPS) is 12.1. The van der Waals surface area contributed by atoms with E-state index in [1.54, 1.807) is 7.11 Å². The van der Waals surface area contributed by atoms with Gasteiger partial charge in [0.25, 0.3) is 0 Å². The molecule has 0 aromatic heterocycles. The molecule has 0 fully saturated rings. The van der Waals surface area contributed by atoms with E-state index in [1.807, 2.05) is 67.6 Å². The molecule has 0 radical (unpaired) electrons. The van der Waals surface area contributed by atoms with Gasteiger partial charge in [-0.25, -0.2) is 4.79 Å². The van der Waals surface area contributed by atoms with Crippen molar-refractivity contribution in [2.45, 2.75) is 12.8 Å². The first-order chi connectivity index (χ1) is 11.1. The highest BCUT2D eigenvalue weighted by atomic mass is 16.5. The first-order valence-corrected chi connectivity index (χ1v) is 7.51. The topological polar surface area (TPSA) is 46.5 Å². The van der Waals surface area contributed by atoms with Gasteiger partial charge < -0.3 is 9.84 Å². The Hall–Kier alpha value is -2.81. The van der Waals surface area contributed by atoms with Crippen LogP contribution in [0.1, 0.15) is 34.3 Å². The van der Waals surface area contributed by atoms with E-state index in [4.69, 9.17) is 4.74 Å². The predicted octanol–water partition coefficient (Wildman–Crippen LogP) is 4.70. The molecule has 23 heavy (non-hydrogen) atoms. The number of hydrogen-bond donors (Lipinski definition) is 1. The van der Waals surface area contributed by atoms with Gasteiger partial charge in [0.15, 0.2) is 0 Å². The Morgan fingerprint density at radius 2 is 1.65 bits per heavy atom. The average Bonchev–Trinajstić information content (AvgIpc) is 2.59. The molecule has 1 atom stereocenters. The number of carboxylic acids is 1. The summed E-state index contributed by atoms with van der Waals surface area (Å²) in [7, 11) is 1.63. The Kier molecular flexibility index (Phi) is 4.02. The summed E-state index contributed by atoms with van der Waals surface area (Å²) in [5.74, 6) is -0.218. The Bertz CT molecular complexity index is 868. The first-order valence-electron chi connectivity index (χ1n) is 7.51. The minimum Gasteiger partial charge on any atom is -0.496 e. The summed E-state index contributed by atoms with van der Waals surface area (Å²) >= 11 is 0. The fourth-order valence-electron chi connectivity index (χ4n) is 3.08. The number of hydrogen-bond acceptors (Lipinski definition) is 2. The summed E-state index contributed by atoms with van der Waals surface area (Å²) in [5.41, 5.74) is 2.13. The molecule has 3 nitrogen and oxygen atoms in total. The lowest BCUT2D eigenvalue weighted by molar-refractivity contribution is 0.0697. The number of carboxylic acid groups (broad SMARTS) is 1. The lowest BCUT2D eigenvalue weighted by Crippen LogP contribution is -2.08. The van der Waals surface area contributed by atoms with Gasteiger partial charge in [-0.1, -0.05) is 61.5 Å². The molecule has 0 heterocycles. The number of para-hydroxylation sites is 1. The minimum absolute atomic E-state index is 0.0816. The highest BCUT2D eigenvalue weighted by Crippen LogP contribution is 2.35. The SMILES string of the molecule is COc1ccccc1[C@@H](C)c1ccc2ccccc2c1C(=O)O. The lowest BCUT2D eigenvalue weighted by Gasteiger charge is -2.19. The third kappa shape index (κ3) is 2.66. The summed E-state index contributed by atoms with van der Waals surface area (Å²) in [6.45, 7) is 2.01. The van der Waals surface area contributed by atoms with E-state index >= 15 is 0 Å². The zero-order chi connectivity index (χ0) is 16.4. The largest absolute Gasteiger partial charge is 0.496 e. The first kappa shape index (κ1) is 15.1. The molecule has 3 heteroatoms. The van der Waals surface area contributed by atoms with Crippen LogP contribution in [0.25, 0.3) is 10.8 Å². The molecule has 116 valence electrons. The molecule has 3 aromatic rings. The highest BCUT2D eigenvalue weighted by molar-refractivity contribution is 6.05. The van der Waals surface area contributed by atoms with E-state index in [0.29, 0.717) is 5.56 Å². The Balaban J connectivity index is 2.23. The van der Waals surface area contributed by atoms with Crippen LogP contribution in [-0.4, -0.2) is 18.2 Å². The second-order valence-corrected chi connectivity index (χ2v) is 5.52. The third-order valence-corrected chi connectivity index (χ3v) is 4.25. The summed E-state index contributed by atoms with van der Waals surface area (Å²) in [6, 6.07) is 19.2. The van der Waals surface area contributed by atoms with Crippen LogP contribution in [0.4, 0.5) is 0 Å². The zero-order valence-electron chi connectivity index (χ0n) is 13.1. The monoisotopic (exact) mass is 306 g/mol. The van der Waals surface area contributed by atoms with Crippen LogP contribution in [0.3, 0.4) is 0 Å². The van der Waals surface area contributed by atoms with E-state index in [9.17, 15) is 9.90 Å². The number of aromatic carboxylic acids is 1. The van der Waals surface area contributed by atoms with Crippen molar-refractivity contribution in [1.82, 2.24) is 0 Å². The fraction of sp³-hybridized carbons (Fsp3) is 0.150. The van der Waals surface area contributed by atoms with Crippen LogP contribution in [0, 0.1) is 0 Å². The van der Waals surface area contributed by atoms with Gasteiger partial charge in [0.2, 0.25) is 0 Å². The van der Waals surface area contributed by atoms with Crippen molar-refractivity contribution in [2.75, 3.05) is 7.11 Å². The Morgan fingerprint density at radius 3 is 2.39 bits per heavy atom. The van der Waals surface area contributed by atoms with E-state index < -0.39 is 5.97 Å². The number of methoxy groups -OCH3 is 1. The Morgan fingerprint density at radius 1 is 0.957 bits per heavy atom. The summed E-state index contributed by atoms with van der Waals surface area (Å²) in [5, 5.41) is 11.4. The molecule has 0 unspecified atom stereocenters. The van der Waals surface area contributed by atoms with Gasteiger partial charge in [-0.2, -0.15) is 0 Å². The molecule has 0 amide bonds. The summed E-state index contributed by atoms with van der Waals surface area (Å²) < 4.78 is 5.43. The van der Waals surface area contributed by atoms with E-state index in [-0.39, 0.29) is 5.92 Å². The molecule has 0 spiro atoms. The average molecular weight is 306 g/mol. The van der Waals surface area contributed by atoms with Gasteiger partial charge in [-0.15, -0.1) is 0 Å². The molecule has 0 bridgehead atoms. The molecule has 0 aliphatic rings. The number of benzene rings is 3. The second-order valence-electron chi connectivity index (χ2n) is 5.52. The maximum Gasteiger partial charge on any atom is 0.336 e. The molecule has 1 N–H and O–H groups in total. The van der Waals surface area contributed by atoms with Crippen LogP contribution < -0.4 is 4.74 Å². The molecule has 0 aliphatic carbocycles. The van der Waals surface area contributed by atoms with Gasteiger partial charge in [-0.3, -0.25) is 0 Å².